The van der Waals surface area contributed by atoms with Crippen LogP contribution in [0.25, 0.3) is 0 Å². The third-order valence-corrected chi connectivity index (χ3v) is 2.85. The molecular formula is C9H13F3N2S. The lowest BCUT2D eigenvalue weighted by Gasteiger charge is -2.14. The number of thiazole rings is 1. The summed E-state index contributed by atoms with van der Waals surface area (Å²) in [5.74, 6) is 0. The van der Waals surface area contributed by atoms with Crippen molar-refractivity contribution in [2.45, 2.75) is 32.0 Å². The Labute approximate surface area is 90.5 Å². The molecule has 0 bridgehead atoms. The van der Waals surface area contributed by atoms with E-state index in [4.69, 9.17) is 0 Å². The van der Waals surface area contributed by atoms with E-state index in [0.29, 0.717) is 5.69 Å². The van der Waals surface area contributed by atoms with Crippen LogP contribution >= 0.6 is 11.3 Å². The van der Waals surface area contributed by atoms with Gasteiger partial charge in [-0.15, -0.1) is 11.3 Å². The van der Waals surface area contributed by atoms with Gasteiger partial charge in [-0.2, -0.15) is 13.2 Å². The summed E-state index contributed by atoms with van der Waals surface area (Å²) in [5.41, 5.74) is 0.698. The molecule has 0 saturated heterocycles. The first-order valence-corrected chi connectivity index (χ1v) is 5.46. The largest absolute Gasteiger partial charge is 0.389 e. The summed E-state index contributed by atoms with van der Waals surface area (Å²) in [5, 5.41) is 5.52. The zero-order chi connectivity index (χ0) is 11.5. The molecule has 0 radical (unpaired) electrons. The van der Waals surface area contributed by atoms with E-state index in [2.05, 4.69) is 10.3 Å². The molecule has 1 aromatic rings. The van der Waals surface area contributed by atoms with Gasteiger partial charge >= 0.3 is 6.18 Å². The van der Waals surface area contributed by atoms with Crippen molar-refractivity contribution in [1.29, 1.82) is 0 Å². The highest BCUT2D eigenvalue weighted by Crippen LogP contribution is 2.27. The van der Waals surface area contributed by atoms with Crippen LogP contribution in [0, 0.1) is 6.92 Å². The molecule has 0 aromatic carbocycles. The highest BCUT2D eigenvalue weighted by Gasteiger charge is 2.28. The van der Waals surface area contributed by atoms with Crippen LogP contribution in [0.15, 0.2) is 5.38 Å². The topological polar surface area (TPSA) is 24.9 Å². The molecule has 1 aromatic heterocycles. The summed E-state index contributed by atoms with van der Waals surface area (Å²) in [6, 6.07) is -0.309. The number of halogens is 3. The fourth-order valence-corrected chi connectivity index (χ4v) is 1.95. The Balaban J connectivity index is 2.57. The third kappa shape index (κ3) is 4.17. The first-order chi connectivity index (χ1) is 6.92. The van der Waals surface area contributed by atoms with Crippen molar-refractivity contribution in [3.05, 3.63) is 16.1 Å². The second-order valence-electron chi connectivity index (χ2n) is 3.29. The van der Waals surface area contributed by atoms with Gasteiger partial charge in [-0.1, -0.05) is 0 Å². The highest BCUT2D eigenvalue weighted by molar-refractivity contribution is 7.09. The van der Waals surface area contributed by atoms with Gasteiger partial charge in [-0.3, -0.25) is 0 Å². The summed E-state index contributed by atoms with van der Waals surface area (Å²) in [6.07, 6.45) is -4.85. The molecule has 2 nitrogen and oxygen atoms in total. The fourth-order valence-electron chi connectivity index (χ4n) is 1.29. The van der Waals surface area contributed by atoms with Gasteiger partial charge in [0.05, 0.1) is 16.7 Å². The van der Waals surface area contributed by atoms with Gasteiger partial charge in [0, 0.05) is 11.8 Å². The molecule has 0 fully saturated rings. The van der Waals surface area contributed by atoms with Gasteiger partial charge in [0.2, 0.25) is 0 Å². The molecule has 1 rings (SSSR count). The maximum Gasteiger partial charge on any atom is 0.389 e. The van der Waals surface area contributed by atoms with Gasteiger partial charge < -0.3 is 5.32 Å². The molecule has 0 saturated carbocycles. The van der Waals surface area contributed by atoms with Gasteiger partial charge in [0.1, 0.15) is 0 Å². The Kier molecular flexibility index (Phi) is 4.10. The molecule has 1 N–H and O–H groups in total. The second kappa shape index (κ2) is 4.94. The van der Waals surface area contributed by atoms with E-state index in [0.717, 1.165) is 5.01 Å². The number of hydrogen-bond acceptors (Lipinski definition) is 3. The van der Waals surface area contributed by atoms with Crippen LogP contribution in [0.2, 0.25) is 0 Å². The van der Waals surface area contributed by atoms with E-state index in [9.17, 15) is 13.2 Å². The van der Waals surface area contributed by atoms with Crippen molar-refractivity contribution < 1.29 is 13.2 Å². The minimum atomic E-state index is -4.10. The summed E-state index contributed by atoms with van der Waals surface area (Å²) in [7, 11) is 1.65. The second-order valence-corrected chi connectivity index (χ2v) is 4.35. The molecule has 1 heterocycles. The lowest BCUT2D eigenvalue weighted by atomic mass is 10.1. The Hall–Kier alpha value is -0.620. The molecule has 0 amide bonds. The molecule has 0 aliphatic rings. The van der Waals surface area contributed by atoms with E-state index in [-0.39, 0.29) is 12.5 Å². The molecule has 1 atom stereocenters. The minimum Gasteiger partial charge on any atom is -0.312 e. The van der Waals surface area contributed by atoms with Crippen molar-refractivity contribution >= 4 is 11.3 Å². The predicted octanol–water partition coefficient (Wildman–Crippen LogP) is 3.05. The molecule has 0 aliphatic heterocycles. The molecule has 0 spiro atoms. The van der Waals surface area contributed by atoms with E-state index >= 15 is 0 Å². The molecule has 86 valence electrons. The number of aromatic nitrogens is 1. The SMILES string of the molecule is CNC(CCC(F)(F)F)c1csc(C)n1. The Morgan fingerprint density at radius 2 is 2.20 bits per heavy atom. The quantitative estimate of drug-likeness (QED) is 0.872. The van der Waals surface area contributed by atoms with E-state index in [1.807, 2.05) is 6.92 Å². The number of rotatable bonds is 4. The summed E-state index contributed by atoms with van der Waals surface area (Å²) < 4.78 is 36.1. The van der Waals surface area contributed by atoms with Crippen LogP contribution in [-0.2, 0) is 0 Å². The van der Waals surface area contributed by atoms with Crippen LogP contribution in [-0.4, -0.2) is 18.2 Å². The smallest absolute Gasteiger partial charge is 0.312 e. The van der Waals surface area contributed by atoms with Gasteiger partial charge in [0.15, 0.2) is 0 Å². The van der Waals surface area contributed by atoms with Crippen molar-refractivity contribution in [1.82, 2.24) is 10.3 Å². The predicted molar refractivity (Wildman–Crippen MR) is 53.9 cm³/mol. The Morgan fingerprint density at radius 3 is 2.60 bits per heavy atom. The monoisotopic (exact) mass is 238 g/mol. The van der Waals surface area contributed by atoms with Crippen LogP contribution in [0.4, 0.5) is 13.2 Å². The summed E-state index contributed by atoms with van der Waals surface area (Å²) >= 11 is 1.45. The van der Waals surface area contributed by atoms with Gasteiger partial charge in [-0.25, -0.2) is 4.98 Å². The summed E-state index contributed by atoms with van der Waals surface area (Å²) in [4.78, 5) is 4.17. The average molecular weight is 238 g/mol. The zero-order valence-corrected chi connectivity index (χ0v) is 9.37. The minimum absolute atomic E-state index is 0.0309. The van der Waals surface area contributed by atoms with E-state index in [1.165, 1.54) is 11.3 Å². The Morgan fingerprint density at radius 1 is 1.53 bits per heavy atom. The number of alkyl halides is 3. The number of nitrogens with one attached hydrogen (secondary N) is 1. The third-order valence-electron chi connectivity index (χ3n) is 2.06. The van der Waals surface area contributed by atoms with Crippen LogP contribution < -0.4 is 5.32 Å². The Bertz CT molecular complexity index is 309. The molecular weight excluding hydrogens is 225 g/mol. The maximum atomic E-state index is 12.0. The van der Waals surface area contributed by atoms with Crippen LogP contribution in [0.3, 0.4) is 0 Å². The molecule has 15 heavy (non-hydrogen) atoms. The fraction of sp³-hybridized carbons (Fsp3) is 0.667. The number of aryl methyl sites for hydroxylation is 1. The van der Waals surface area contributed by atoms with Crippen molar-refractivity contribution in [3.8, 4) is 0 Å². The van der Waals surface area contributed by atoms with Crippen LogP contribution in [0.5, 0.6) is 0 Å². The van der Waals surface area contributed by atoms with Crippen LogP contribution in [0.1, 0.15) is 29.6 Å². The zero-order valence-electron chi connectivity index (χ0n) is 8.56. The standard InChI is InChI=1S/C9H13F3N2S/c1-6-14-8(5-15-6)7(13-2)3-4-9(10,11)12/h5,7,13H,3-4H2,1-2H3. The first-order valence-electron chi connectivity index (χ1n) is 4.58. The summed E-state index contributed by atoms with van der Waals surface area (Å²) in [6.45, 7) is 1.84. The van der Waals surface area contributed by atoms with E-state index in [1.54, 1.807) is 12.4 Å². The first kappa shape index (κ1) is 12.4. The molecule has 0 aliphatic carbocycles. The number of nitrogens with zero attached hydrogens (tertiary/aromatic N) is 1. The average Bonchev–Trinajstić information content (AvgIpc) is 2.51. The van der Waals surface area contributed by atoms with E-state index < -0.39 is 12.6 Å². The van der Waals surface area contributed by atoms with Gasteiger partial charge in [-0.05, 0) is 20.4 Å². The lowest BCUT2D eigenvalue weighted by Crippen LogP contribution is -2.20. The molecule has 1 unspecified atom stereocenters. The molecule has 6 heteroatoms. The highest BCUT2D eigenvalue weighted by atomic mass is 32.1. The normalized spacial score (nSPS) is 14.2. The van der Waals surface area contributed by atoms with Gasteiger partial charge in [0.25, 0.3) is 0 Å². The maximum absolute atomic E-state index is 12.0. The lowest BCUT2D eigenvalue weighted by molar-refractivity contribution is -0.136. The van der Waals surface area contributed by atoms with Crippen molar-refractivity contribution in [2.24, 2.45) is 0 Å². The van der Waals surface area contributed by atoms with Crippen molar-refractivity contribution in [2.75, 3.05) is 7.05 Å². The number of hydrogen-bond donors (Lipinski definition) is 1. The van der Waals surface area contributed by atoms with Crippen molar-refractivity contribution in [3.63, 3.8) is 0 Å².